The van der Waals surface area contributed by atoms with Gasteiger partial charge in [0.05, 0.1) is 0 Å². The molecule has 0 radical (unpaired) electrons. The fourth-order valence-corrected chi connectivity index (χ4v) is 3.00. The number of unbranched alkanes of at least 4 members (excludes halogenated alkanes) is 3. The standard InChI is InChI=1S/C18H34N2/c1-18(2,3)16-10-14-20(15-11-16)13-7-5-4-6-12-19-17-8-9-17/h10,17,19H,4-9,11-15H2,1-3H3. The van der Waals surface area contributed by atoms with Gasteiger partial charge in [-0.05, 0) is 50.6 Å². The average molecular weight is 278 g/mol. The van der Waals surface area contributed by atoms with Crippen molar-refractivity contribution in [2.24, 2.45) is 5.41 Å². The molecule has 0 atom stereocenters. The van der Waals surface area contributed by atoms with Crippen LogP contribution >= 0.6 is 0 Å². The highest BCUT2D eigenvalue weighted by atomic mass is 15.1. The van der Waals surface area contributed by atoms with E-state index in [9.17, 15) is 0 Å². The van der Waals surface area contributed by atoms with E-state index in [2.05, 4.69) is 37.1 Å². The van der Waals surface area contributed by atoms with E-state index >= 15 is 0 Å². The zero-order chi connectivity index (χ0) is 14.4. The van der Waals surface area contributed by atoms with Crippen molar-refractivity contribution in [3.05, 3.63) is 11.6 Å². The Balaban J connectivity index is 1.47. The first-order valence-electron chi connectivity index (χ1n) is 8.71. The molecule has 0 unspecified atom stereocenters. The fraction of sp³-hybridized carbons (Fsp3) is 0.889. The van der Waals surface area contributed by atoms with Crippen molar-refractivity contribution in [2.75, 3.05) is 26.2 Å². The summed E-state index contributed by atoms with van der Waals surface area (Å²) < 4.78 is 0. The summed E-state index contributed by atoms with van der Waals surface area (Å²) in [5.41, 5.74) is 2.03. The van der Waals surface area contributed by atoms with Crippen molar-refractivity contribution < 1.29 is 0 Å². The van der Waals surface area contributed by atoms with Gasteiger partial charge >= 0.3 is 0 Å². The van der Waals surface area contributed by atoms with Gasteiger partial charge in [-0.25, -0.2) is 0 Å². The molecule has 2 aliphatic rings. The van der Waals surface area contributed by atoms with Gasteiger partial charge in [-0.1, -0.05) is 45.3 Å². The van der Waals surface area contributed by atoms with Gasteiger partial charge in [0.1, 0.15) is 0 Å². The monoisotopic (exact) mass is 278 g/mol. The molecular weight excluding hydrogens is 244 g/mol. The third-order valence-electron chi connectivity index (χ3n) is 4.67. The molecule has 1 N–H and O–H groups in total. The molecule has 1 heterocycles. The van der Waals surface area contributed by atoms with Crippen LogP contribution in [0.1, 0.15) is 65.7 Å². The molecule has 1 fully saturated rings. The van der Waals surface area contributed by atoms with Crippen molar-refractivity contribution in [3.63, 3.8) is 0 Å². The minimum atomic E-state index is 0.376. The molecule has 0 bridgehead atoms. The predicted octanol–water partition coefficient (Wildman–Crippen LogP) is 3.98. The second kappa shape index (κ2) is 7.61. The first-order chi connectivity index (χ1) is 9.55. The summed E-state index contributed by atoms with van der Waals surface area (Å²) in [4.78, 5) is 2.62. The Hall–Kier alpha value is -0.340. The average Bonchev–Trinajstić information content (AvgIpc) is 3.21. The fourth-order valence-electron chi connectivity index (χ4n) is 3.00. The maximum atomic E-state index is 3.60. The van der Waals surface area contributed by atoms with Crippen LogP contribution in [-0.4, -0.2) is 37.1 Å². The molecule has 1 aliphatic heterocycles. The number of hydrogen-bond acceptors (Lipinski definition) is 2. The maximum Gasteiger partial charge on any atom is 0.0166 e. The Labute approximate surface area is 126 Å². The van der Waals surface area contributed by atoms with Gasteiger partial charge in [0.25, 0.3) is 0 Å². The third-order valence-corrected chi connectivity index (χ3v) is 4.67. The normalized spacial score (nSPS) is 21.1. The van der Waals surface area contributed by atoms with E-state index in [1.54, 1.807) is 5.57 Å². The molecule has 0 aromatic carbocycles. The van der Waals surface area contributed by atoms with E-state index in [4.69, 9.17) is 0 Å². The Morgan fingerprint density at radius 3 is 2.50 bits per heavy atom. The lowest BCUT2D eigenvalue weighted by atomic mass is 9.83. The van der Waals surface area contributed by atoms with Gasteiger partial charge in [0, 0.05) is 19.1 Å². The first kappa shape index (κ1) is 16.0. The Morgan fingerprint density at radius 1 is 1.15 bits per heavy atom. The molecule has 0 spiro atoms. The molecule has 0 amide bonds. The van der Waals surface area contributed by atoms with Crippen LogP contribution in [-0.2, 0) is 0 Å². The largest absolute Gasteiger partial charge is 0.314 e. The van der Waals surface area contributed by atoms with Crippen LogP contribution in [0.3, 0.4) is 0 Å². The molecule has 1 aliphatic carbocycles. The SMILES string of the molecule is CC(C)(C)C1=CCN(CCCCCCNC2CC2)CC1. The minimum Gasteiger partial charge on any atom is -0.314 e. The van der Waals surface area contributed by atoms with E-state index < -0.39 is 0 Å². The Morgan fingerprint density at radius 2 is 1.90 bits per heavy atom. The predicted molar refractivity (Wildman–Crippen MR) is 88.1 cm³/mol. The summed E-state index contributed by atoms with van der Waals surface area (Å²) in [6.07, 6.45) is 12.1. The first-order valence-corrected chi connectivity index (χ1v) is 8.71. The second-order valence-electron chi connectivity index (χ2n) is 7.67. The summed E-state index contributed by atoms with van der Waals surface area (Å²) in [6.45, 7) is 12.0. The highest BCUT2D eigenvalue weighted by Gasteiger charge is 2.21. The van der Waals surface area contributed by atoms with Gasteiger partial charge in [-0.15, -0.1) is 0 Å². The van der Waals surface area contributed by atoms with Gasteiger partial charge < -0.3 is 5.32 Å². The van der Waals surface area contributed by atoms with Gasteiger partial charge in [0.2, 0.25) is 0 Å². The summed E-state index contributed by atoms with van der Waals surface area (Å²) in [5, 5.41) is 3.60. The van der Waals surface area contributed by atoms with E-state index in [-0.39, 0.29) is 0 Å². The minimum absolute atomic E-state index is 0.376. The van der Waals surface area contributed by atoms with Crippen LogP contribution in [0.4, 0.5) is 0 Å². The van der Waals surface area contributed by atoms with Crippen LogP contribution in [0.5, 0.6) is 0 Å². The van der Waals surface area contributed by atoms with Crippen molar-refractivity contribution in [1.29, 1.82) is 0 Å². The van der Waals surface area contributed by atoms with Gasteiger partial charge in [-0.2, -0.15) is 0 Å². The quantitative estimate of drug-likeness (QED) is 0.534. The van der Waals surface area contributed by atoms with Gasteiger partial charge in [-0.3, -0.25) is 4.90 Å². The number of rotatable bonds is 8. The van der Waals surface area contributed by atoms with E-state index in [1.165, 1.54) is 71.1 Å². The second-order valence-corrected chi connectivity index (χ2v) is 7.67. The van der Waals surface area contributed by atoms with E-state index in [0.717, 1.165) is 6.04 Å². The topological polar surface area (TPSA) is 15.3 Å². The molecular formula is C18H34N2. The van der Waals surface area contributed by atoms with Crippen molar-refractivity contribution >= 4 is 0 Å². The Kier molecular flexibility index (Phi) is 6.10. The van der Waals surface area contributed by atoms with E-state index in [0.29, 0.717) is 5.41 Å². The number of hydrogen-bond donors (Lipinski definition) is 1. The van der Waals surface area contributed by atoms with Crippen molar-refractivity contribution in [2.45, 2.75) is 71.8 Å². The van der Waals surface area contributed by atoms with Crippen molar-refractivity contribution in [1.82, 2.24) is 10.2 Å². The lowest BCUT2D eigenvalue weighted by Gasteiger charge is -2.32. The zero-order valence-electron chi connectivity index (χ0n) is 13.9. The zero-order valence-corrected chi connectivity index (χ0v) is 13.9. The molecule has 2 nitrogen and oxygen atoms in total. The van der Waals surface area contributed by atoms with E-state index in [1.807, 2.05) is 0 Å². The van der Waals surface area contributed by atoms with Crippen LogP contribution in [0.25, 0.3) is 0 Å². The number of nitrogens with zero attached hydrogens (tertiary/aromatic N) is 1. The molecule has 0 aromatic rings. The highest BCUT2D eigenvalue weighted by molar-refractivity contribution is 5.14. The van der Waals surface area contributed by atoms with Crippen LogP contribution in [0, 0.1) is 5.41 Å². The molecule has 1 saturated carbocycles. The molecule has 20 heavy (non-hydrogen) atoms. The molecule has 2 rings (SSSR count). The maximum absolute atomic E-state index is 3.60. The summed E-state index contributed by atoms with van der Waals surface area (Å²) >= 11 is 0. The summed E-state index contributed by atoms with van der Waals surface area (Å²) in [7, 11) is 0. The lowest BCUT2D eigenvalue weighted by Crippen LogP contribution is -2.32. The summed E-state index contributed by atoms with van der Waals surface area (Å²) in [6, 6.07) is 0.882. The lowest BCUT2D eigenvalue weighted by molar-refractivity contribution is 0.272. The van der Waals surface area contributed by atoms with Crippen LogP contribution in [0.2, 0.25) is 0 Å². The van der Waals surface area contributed by atoms with Crippen molar-refractivity contribution in [3.8, 4) is 0 Å². The van der Waals surface area contributed by atoms with Gasteiger partial charge in [0.15, 0.2) is 0 Å². The Bertz CT molecular complexity index is 310. The molecule has 0 saturated heterocycles. The molecule has 116 valence electrons. The van der Waals surface area contributed by atoms with Crippen LogP contribution < -0.4 is 5.32 Å². The molecule has 0 aromatic heterocycles. The number of nitrogens with one attached hydrogen (secondary N) is 1. The smallest absolute Gasteiger partial charge is 0.0166 e. The molecule has 2 heteroatoms. The van der Waals surface area contributed by atoms with Crippen LogP contribution in [0.15, 0.2) is 11.6 Å². The summed E-state index contributed by atoms with van der Waals surface area (Å²) in [5.74, 6) is 0. The third kappa shape index (κ3) is 5.97. The highest BCUT2D eigenvalue weighted by Crippen LogP contribution is 2.30.